The smallest absolute Gasteiger partial charge is 0.331 e. The molecule has 1 aromatic heterocycles. The first-order chi connectivity index (χ1) is 8.62. The molecular weight excluding hydrogens is 243 g/mol. The van der Waals surface area contributed by atoms with Crippen molar-refractivity contribution in [1.82, 2.24) is 4.98 Å². The van der Waals surface area contributed by atoms with E-state index in [0.717, 1.165) is 5.46 Å². The van der Waals surface area contributed by atoms with Crippen molar-refractivity contribution in [2.75, 3.05) is 0 Å². The van der Waals surface area contributed by atoms with Crippen LogP contribution in [0.4, 0.5) is 5.82 Å². The molecule has 7 heteroatoms. The molecule has 0 bridgehead atoms. The van der Waals surface area contributed by atoms with Gasteiger partial charge in [-0.05, 0) is 45.3 Å². The molecule has 1 rings (SSSR count). The van der Waals surface area contributed by atoms with E-state index in [4.69, 9.17) is 16.1 Å². The first-order valence-corrected chi connectivity index (χ1v) is 5.91. The molecule has 0 aliphatic carbocycles. The lowest BCUT2D eigenvalue weighted by Gasteiger charge is -2.37. The molecule has 103 valence electrons. The minimum atomic E-state index is -0.973. The van der Waals surface area contributed by atoms with Crippen LogP contribution in [0.1, 0.15) is 27.7 Å². The third-order valence-electron chi connectivity index (χ3n) is 2.98. The maximum Gasteiger partial charge on any atom is 0.331 e. The van der Waals surface area contributed by atoms with Crippen LogP contribution in [0.5, 0.6) is 0 Å². The summed E-state index contributed by atoms with van der Waals surface area (Å²) in [7, 11) is 1.55. The number of pyridine rings is 1. The summed E-state index contributed by atoms with van der Waals surface area (Å²) in [4.78, 5) is 7.85. The highest BCUT2D eigenvalue weighted by Gasteiger charge is 2.35. The summed E-state index contributed by atoms with van der Waals surface area (Å²) in [6.07, 6.45) is 1.58. The third kappa shape index (κ3) is 4.53. The Hall–Kier alpha value is -1.60. The highest BCUT2D eigenvalue weighted by atomic mass is 16.5. The summed E-state index contributed by atoms with van der Waals surface area (Å²) in [5.41, 5.74) is 9.63. The number of aromatic nitrogens is 1. The number of nitrogens with two attached hydrogens (primary N) is 2. The normalized spacial score (nSPS) is 12.1. The molecule has 0 aliphatic heterocycles. The van der Waals surface area contributed by atoms with Crippen molar-refractivity contribution in [3.05, 3.63) is 18.3 Å². The topological polar surface area (TPSA) is 107 Å². The second-order valence-corrected chi connectivity index (χ2v) is 5.29. The van der Waals surface area contributed by atoms with Gasteiger partial charge in [0.25, 0.3) is 0 Å². The van der Waals surface area contributed by atoms with Gasteiger partial charge in [-0.25, -0.2) is 4.98 Å². The second kappa shape index (κ2) is 5.58. The van der Waals surface area contributed by atoms with Gasteiger partial charge in [0.2, 0.25) is 0 Å². The van der Waals surface area contributed by atoms with Crippen LogP contribution >= 0.6 is 0 Å². The summed E-state index contributed by atoms with van der Waals surface area (Å²) in [5.74, 6) is 0.348. The van der Waals surface area contributed by atoms with E-state index in [9.17, 15) is 5.11 Å². The molecule has 0 spiro atoms. The molecule has 0 saturated carbocycles. The monoisotopic (exact) mass is 263 g/mol. The lowest BCUT2D eigenvalue weighted by atomic mass is 9.83. The zero-order valence-corrected chi connectivity index (χ0v) is 11.7. The minimum absolute atomic E-state index is 0.0533. The van der Waals surface area contributed by atoms with Crippen LogP contribution in [0.2, 0.25) is 0 Å². The minimum Gasteiger partial charge on any atom is -0.427 e. The van der Waals surface area contributed by atoms with Crippen LogP contribution in [0.25, 0.3) is 0 Å². The van der Waals surface area contributed by atoms with Gasteiger partial charge in [0.05, 0.1) is 11.2 Å². The van der Waals surface area contributed by atoms with Crippen molar-refractivity contribution < 1.29 is 9.76 Å². The second-order valence-electron chi connectivity index (χ2n) is 5.29. The van der Waals surface area contributed by atoms with Gasteiger partial charge in [-0.1, -0.05) is 0 Å². The zero-order chi connectivity index (χ0) is 14.7. The fourth-order valence-corrected chi connectivity index (χ4v) is 1.06. The Morgan fingerprint density at radius 2 is 2.00 bits per heavy atom. The summed E-state index contributed by atoms with van der Waals surface area (Å²) < 4.78 is 5.63. The van der Waals surface area contributed by atoms with Crippen molar-refractivity contribution >= 4 is 24.7 Å². The summed E-state index contributed by atoms with van der Waals surface area (Å²) in [6, 6.07) is 3.44. The zero-order valence-electron chi connectivity index (χ0n) is 11.7. The van der Waals surface area contributed by atoms with Gasteiger partial charge >= 0.3 is 7.48 Å². The standard InChI is InChI=1S/C12H20BN4O2/c1-11(2,18)12(3,4)19-13-8-5-6-16-9(7-8)17-10(14)15/h5-7,18H,1-4H3,(H4,14,15,16,17). The predicted molar refractivity (Wildman–Crippen MR) is 76.6 cm³/mol. The maximum absolute atomic E-state index is 9.98. The van der Waals surface area contributed by atoms with E-state index in [-0.39, 0.29) is 5.96 Å². The Labute approximate surface area is 114 Å². The van der Waals surface area contributed by atoms with E-state index in [1.54, 1.807) is 39.7 Å². The molecule has 1 radical (unpaired) electrons. The molecule has 5 N–H and O–H groups in total. The average molecular weight is 263 g/mol. The van der Waals surface area contributed by atoms with Gasteiger partial charge in [0, 0.05) is 6.20 Å². The van der Waals surface area contributed by atoms with Gasteiger partial charge in [0.15, 0.2) is 11.8 Å². The number of hydrogen-bond donors (Lipinski definition) is 3. The summed E-state index contributed by atoms with van der Waals surface area (Å²) in [5, 5.41) is 9.98. The molecule has 1 aromatic rings. The highest BCUT2D eigenvalue weighted by molar-refractivity contribution is 6.47. The fourth-order valence-electron chi connectivity index (χ4n) is 1.06. The first-order valence-electron chi connectivity index (χ1n) is 5.91. The summed E-state index contributed by atoms with van der Waals surface area (Å²) in [6.45, 7) is 7.00. The lowest BCUT2D eigenvalue weighted by Crippen LogP contribution is -2.49. The SMILES string of the molecule is CC(C)(O)C(C)(C)O[B]c1ccnc(N=C(N)N)c1. The molecule has 0 saturated heterocycles. The van der Waals surface area contributed by atoms with E-state index >= 15 is 0 Å². The number of aliphatic imine (C=N–C) groups is 1. The largest absolute Gasteiger partial charge is 0.427 e. The molecule has 1 heterocycles. The predicted octanol–water partition coefficient (Wildman–Crippen LogP) is -0.203. The van der Waals surface area contributed by atoms with Crippen LogP contribution in [-0.4, -0.2) is 34.7 Å². The number of nitrogens with zero attached hydrogens (tertiary/aromatic N) is 2. The van der Waals surface area contributed by atoms with Crippen molar-refractivity contribution in [2.24, 2.45) is 16.5 Å². The van der Waals surface area contributed by atoms with Crippen LogP contribution in [-0.2, 0) is 4.65 Å². The first kappa shape index (κ1) is 15.5. The Bertz CT molecular complexity index is 465. The van der Waals surface area contributed by atoms with Crippen molar-refractivity contribution in [1.29, 1.82) is 0 Å². The van der Waals surface area contributed by atoms with Crippen molar-refractivity contribution in [3.63, 3.8) is 0 Å². The number of hydrogen-bond acceptors (Lipinski definition) is 4. The molecule has 0 fully saturated rings. The molecule has 0 amide bonds. The maximum atomic E-state index is 9.98. The Balaban J connectivity index is 2.77. The van der Waals surface area contributed by atoms with E-state index < -0.39 is 11.2 Å². The molecule has 0 atom stereocenters. The quantitative estimate of drug-likeness (QED) is 0.387. The molecule has 19 heavy (non-hydrogen) atoms. The van der Waals surface area contributed by atoms with Gasteiger partial charge in [-0.2, -0.15) is 4.99 Å². The van der Waals surface area contributed by atoms with E-state index in [2.05, 4.69) is 9.98 Å². The molecule has 0 unspecified atom stereocenters. The van der Waals surface area contributed by atoms with E-state index in [1.807, 2.05) is 13.8 Å². The van der Waals surface area contributed by atoms with E-state index in [0.29, 0.717) is 5.82 Å². The van der Waals surface area contributed by atoms with E-state index in [1.165, 1.54) is 0 Å². The van der Waals surface area contributed by atoms with Gasteiger partial charge in [-0.15, -0.1) is 0 Å². The summed E-state index contributed by atoms with van der Waals surface area (Å²) >= 11 is 0. The van der Waals surface area contributed by atoms with Gasteiger partial charge in [-0.3, -0.25) is 0 Å². The highest BCUT2D eigenvalue weighted by Crippen LogP contribution is 2.24. The van der Waals surface area contributed by atoms with Crippen molar-refractivity contribution in [3.8, 4) is 0 Å². The van der Waals surface area contributed by atoms with Crippen molar-refractivity contribution in [2.45, 2.75) is 38.9 Å². The van der Waals surface area contributed by atoms with Crippen LogP contribution in [0.15, 0.2) is 23.3 Å². The molecule has 0 aromatic carbocycles. The molecular formula is C12H20BN4O2. The van der Waals surface area contributed by atoms with Crippen LogP contribution in [0, 0.1) is 0 Å². The Morgan fingerprint density at radius 3 is 2.53 bits per heavy atom. The van der Waals surface area contributed by atoms with Crippen LogP contribution in [0.3, 0.4) is 0 Å². The van der Waals surface area contributed by atoms with Gasteiger partial charge in [0.1, 0.15) is 0 Å². The number of rotatable bonds is 5. The number of aliphatic hydroxyl groups is 1. The lowest BCUT2D eigenvalue weighted by molar-refractivity contribution is -0.0893. The van der Waals surface area contributed by atoms with Gasteiger partial charge < -0.3 is 21.2 Å². The molecule has 6 nitrogen and oxygen atoms in total. The fraction of sp³-hybridized carbons (Fsp3) is 0.500. The molecule has 0 aliphatic rings. The van der Waals surface area contributed by atoms with Crippen LogP contribution < -0.4 is 16.9 Å². The Morgan fingerprint density at radius 1 is 1.37 bits per heavy atom. The Kier molecular flexibility index (Phi) is 4.54. The third-order valence-corrected chi connectivity index (χ3v) is 2.98. The number of guanidine groups is 1. The average Bonchev–Trinajstić information content (AvgIpc) is 2.24.